The molecule has 8 nitrogen and oxygen atoms in total. The van der Waals surface area contributed by atoms with Crippen molar-refractivity contribution in [2.75, 3.05) is 13.6 Å². The number of aryl methyl sites for hydroxylation is 2. The predicted molar refractivity (Wildman–Crippen MR) is 157 cm³/mol. The molecule has 3 aromatic carbocycles. The highest BCUT2D eigenvalue weighted by Crippen LogP contribution is 2.33. The van der Waals surface area contributed by atoms with Gasteiger partial charge < -0.3 is 15.0 Å². The average Bonchev–Trinajstić information content (AvgIpc) is 3.49. The lowest BCUT2D eigenvalue weighted by atomic mass is 10.0. The Morgan fingerprint density at radius 2 is 1.73 bits per heavy atom. The van der Waals surface area contributed by atoms with Crippen molar-refractivity contribution in [3.05, 3.63) is 105 Å². The fraction of sp³-hybridized carbons (Fsp3) is 0.281. The molecule has 0 fully saturated rings. The quantitative estimate of drug-likeness (QED) is 0.266. The van der Waals surface area contributed by atoms with E-state index < -0.39 is 12.0 Å². The van der Waals surface area contributed by atoms with Crippen molar-refractivity contribution in [2.45, 2.75) is 46.2 Å². The van der Waals surface area contributed by atoms with Gasteiger partial charge >= 0.3 is 11.7 Å². The van der Waals surface area contributed by atoms with E-state index in [9.17, 15) is 19.5 Å². The molecule has 5 rings (SSSR count). The normalized spacial score (nSPS) is 13.0. The molecule has 8 heteroatoms. The molecule has 40 heavy (non-hydrogen) atoms. The Labute approximate surface area is 232 Å². The number of aromatic amines is 1. The summed E-state index contributed by atoms with van der Waals surface area (Å²) in [5.41, 5.74) is 6.20. The number of H-pyrrole nitrogens is 1. The van der Waals surface area contributed by atoms with Gasteiger partial charge in [-0.1, -0.05) is 36.4 Å². The van der Waals surface area contributed by atoms with Crippen LogP contribution in [0.2, 0.25) is 0 Å². The van der Waals surface area contributed by atoms with Crippen LogP contribution in [0, 0.1) is 13.8 Å². The fourth-order valence-electron chi connectivity index (χ4n) is 5.77. The molecule has 2 unspecified atom stereocenters. The van der Waals surface area contributed by atoms with Crippen LogP contribution in [-0.4, -0.2) is 49.6 Å². The maximum atomic E-state index is 14.4. The molecular weight excluding hydrogens is 504 g/mol. The van der Waals surface area contributed by atoms with Gasteiger partial charge in [0.05, 0.1) is 29.5 Å². The van der Waals surface area contributed by atoms with Crippen molar-refractivity contribution < 1.29 is 14.7 Å². The van der Waals surface area contributed by atoms with Crippen LogP contribution in [0.3, 0.4) is 0 Å². The van der Waals surface area contributed by atoms with Crippen LogP contribution in [0.5, 0.6) is 0 Å². The maximum absolute atomic E-state index is 14.4. The number of aliphatic carboxylic acids is 1. The molecule has 2 aromatic heterocycles. The molecule has 5 aromatic rings. The number of carbonyl (C=O) groups is 2. The van der Waals surface area contributed by atoms with E-state index in [4.69, 9.17) is 0 Å². The second-order valence-corrected chi connectivity index (χ2v) is 10.5. The number of amides is 1. The number of imidazole rings is 1. The minimum absolute atomic E-state index is 0.165. The number of nitrogens with zero attached hydrogens (tertiary/aromatic N) is 3. The Morgan fingerprint density at radius 1 is 1.00 bits per heavy atom. The lowest BCUT2D eigenvalue weighted by molar-refractivity contribution is -0.137. The summed E-state index contributed by atoms with van der Waals surface area (Å²) in [5, 5.41) is 10.9. The second kappa shape index (κ2) is 10.5. The van der Waals surface area contributed by atoms with Gasteiger partial charge in [-0.05, 0) is 68.7 Å². The van der Waals surface area contributed by atoms with Crippen LogP contribution in [0.1, 0.15) is 65.0 Å². The number of hydrogen-bond acceptors (Lipinski definition) is 3. The molecule has 2 N–H and O–H groups in total. The Balaban J connectivity index is 1.80. The molecule has 0 aliphatic carbocycles. The highest BCUT2D eigenvalue weighted by molar-refractivity contribution is 5.97. The molecule has 0 radical (unpaired) electrons. The first-order chi connectivity index (χ1) is 19.1. The highest BCUT2D eigenvalue weighted by Gasteiger charge is 2.28. The molecular formula is C32H34N4O4. The standard InChI is InChI=1S/C32H34N4O4/c1-6-34(5)31(39)23-12-13-26-28(16-23)36(27(17-29(37)38)22-10-8-7-9-11-22)32(40)35(26)21(4)24-18-33-25-15-19(2)14-20(3)30(24)25/h7-16,18,21,27,33H,6,17H2,1-5H3,(H,37,38). The number of aromatic nitrogens is 3. The Kier molecular flexibility index (Phi) is 7.10. The minimum Gasteiger partial charge on any atom is -0.481 e. The average molecular weight is 539 g/mol. The number of hydrogen-bond donors (Lipinski definition) is 2. The van der Waals surface area contributed by atoms with Crippen LogP contribution in [0.25, 0.3) is 21.9 Å². The van der Waals surface area contributed by atoms with E-state index in [1.807, 2.05) is 50.4 Å². The zero-order valence-corrected chi connectivity index (χ0v) is 23.4. The van der Waals surface area contributed by atoms with Gasteiger partial charge in [0.2, 0.25) is 0 Å². The van der Waals surface area contributed by atoms with E-state index in [0.29, 0.717) is 28.7 Å². The predicted octanol–water partition coefficient (Wildman–Crippen LogP) is 5.67. The number of carboxylic acids is 1. The first-order valence-electron chi connectivity index (χ1n) is 13.5. The maximum Gasteiger partial charge on any atom is 0.330 e. The molecule has 0 saturated carbocycles. The molecule has 2 atom stereocenters. The molecule has 0 saturated heterocycles. The monoisotopic (exact) mass is 538 g/mol. The SMILES string of the molecule is CCN(C)C(=O)c1ccc2c(c1)n(C(CC(=O)O)c1ccccc1)c(=O)n2C(C)c1c[nH]c2cc(C)cc(C)c12. The van der Waals surface area contributed by atoms with E-state index in [-0.39, 0.29) is 24.1 Å². The largest absolute Gasteiger partial charge is 0.481 e. The third kappa shape index (κ3) is 4.59. The van der Waals surface area contributed by atoms with E-state index in [2.05, 4.69) is 31.0 Å². The third-order valence-corrected chi connectivity index (χ3v) is 7.83. The van der Waals surface area contributed by atoms with E-state index in [1.165, 1.54) is 0 Å². The summed E-state index contributed by atoms with van der Waals surface area (Å²) >= 11 is 0. The van der Waals surface area contributed by atoms with Crippen LogP contribution in [0.4, 0.5) is 0 Å². The third-order valence-electron chi connectivity index (χ3n) is 7.83. The Bertz CT molecular complexity index is 1790. The number of rotatable bonds is 8. The van der Waals surface area contributed by atoms with Crippen molar-refractivity contribution in [1.29, 1.82) is 0 Å². The topological polar surface area (TPSA) is 100 Å². The molecule has 0 aliphatic rings. The molecule has 206 valence electrons. The van der Waals surface area contributed by atoms with Gasteiger partial charge in [-0.3, -0.25) is 18.7 Å². The zero-order valence-electron chi connectivity index (χ0n) is 23.4. The van der Waals surface area contributed by atoms with Crippen molar-refractivity contribution in [3.8, 4) is 0 Å². The summed E-state index contributed by atoms with van der Waals surface area (Å²) in [7, 11) is 1.73. The van der Waals surface area contributed by atoms with E-state index in [0.717, 1.165) is 27.6 Å². The highest BCUT2D eigenvalue weighted by atomic mass is 16.4. The van der Waals surface area contributed by atoms with Crippen molar-refractivity contribution in [2.24, 2.45) is 0 Å². The van der Waals surface area contributed by atoms with Gasteiger partial charge in [-0.2, -0.15) is 0 Å². The summed E-state index contributed by atoms with van der Waals surface area (Å²) in [4.78, 5) is 44.5. The summed E-state index contributed by atoms with van der Waals surface area (Å²) in [5.74, 6) is -1.18. The van der Waals surface area contributed by atoms with Crippen LogP contribution in [0.15, 0.2) is 71.7 Å². The summed E-state index contributed by atoms with van der Waals surface area (Å²) in [6.45, 7) is 8.52. The van der Waals surface area contributed by atoms with Crippen LogP contribution >= 0.6 is 0 Å². The molecule has 0 spiro atoms. The Morgan fingerprint density at radius 3 is 2.40 bits per heavy atom. The van der Waals surface area contributed by atoms with Gasteiger partial charge in [0, 0.05) is 41.8 Å². The van der Waals surface area contributed by atoms with E-state index in [1.54, 1.807) is 39.3 Å². The van der Waals surface area contributed by atoms with Gasteiger partial charge in [0.1, 0.15) is 0 Å². The van der Waals surface area contributed by atoms with Gasteiger partial charge in [-0.15, -0.1) is 0 Å². The summed E-state index contributed by atoms with van der Waals surface area (Å²) in [6.07, 6.45) is 1.66. The number of carbonyl (C=O) groups excluding carboxylic acids is 1. The summed E-state index contributed by atoms with van der Waals surface area (Å²) in [6, 6.07) is 17.5. The van der Waals surface area contributed by atoms with Gasteiger partial charge in [0.15, 0.2) is 0 Å². The lowest BCUT2D eigenvalue weighted by Crippen LogP contribution is -2.31. The molecule has 0 aliphatic heterocycles. The number of carboxylic acid groups (broad SMARTS) is 1. The number of benzene rings is 3. The second-order valence-electron chi connectivity index (χ2n) is 10.5. The van der Waals surface area contributed by atoms with Crippen LogP contribution in [-0.2, 0) is 4.79 Å². The van der Waals surface area contributed by atoms with Crippen molar-refractivity contribution in [3.63, 3.8) is 0 Å². The molecule has 0 bridgehead atoms. The minimum atomic E-state index is -1.02. The fourth-order valence-corrected chi connectivity index (χ4v) is 5.77. The van der Waals surface area contributed by atoms with Crippen LogP contribution < -0.4 is 5.69 Å². The van der Waals surface area contributed by atoms with Crippen molar-refractivity contribution >= 4 is 33.8 Å². The van der Waals surface area contributed by atoms with E-state index >= 15 is 0 Å². The van der Waals surface area contributed by atoms with Gasteiger partial charge in [-0.25, -0.2) is 4.79 Å². The summed E-state index contributed by atoms with van der Waals surface area (Å²) < 4.78 is 3.26. The van der Waals surface area contributed by atoms with Gasteiger partial charge in [0.25, 0.3) is 5.91 Å². The van der Waals surface area contributed by atoms with Crippen molar-refractivity contribution in [1.82, 2.24) is 19.0 Å². The molecule has 2 heterocycles. The molecule has 1 amide bonds. The lowest BCUT2D eigenvalue weighted by Gasteiger charge is -2.18. The zero-order chi connectivity index (χ0) is 28.7. The number of nitrogens with one attached hydrogen (secondary N) is 1. The number of fused-ring (bicyclic) bond motifs is 2. The Hall–Kier alpha value is -4.59. The smallest absolute Gasteiger partial charge is 0.330 e. The first kappa shape index (κ1) is 27.0. The first-order valence-corrected chi connectivity index (χ1v) is 13.5.